The summed E-state index contributed by atoms with van der Waals surface area (Å²) < 4.78 is 10.9. The van der Waals surface area contributed by atoms with E-state index < -0.39 is 0 Å². The molecule has 0 aliphatic carbocycles. The maximum absolute atomic E-state index is 5.77. The molecule has 0 amide bonds. The third kappa shape index (κ3) is 3.01. The molecular weight excluding hydrogens is 264 g/mol. The topological polar surface area (TPSA) is 60.3 Å². The van der Waals surface area contributed by atoms with Gasteiger partial charge in [0.2, 0.25) is 0 Å². The van der Waals surface area contributed by atoms with E-state index in [0.717, 1.165) is 33.7 Å². The monoisotopic (exact) mass is 282 g/mol. The van der Waals surface area contributed by atoms with E-state index in [1.54, 1.807) is 7.11 Å². The van der Waals surface area contributed by atoms with Gasteiger partial charge in [0, 0.05) is 17.4 Å². The normalized spacial score (nSPS) is 10.8. The average Bonchev–Trinajstić information content (AvgIpc) is 2.95. The molecule has 2 aromatic carbocycles. The lowest BCUT2D eigenvalue weighted by Gasteiger charge is -2.05. The molecule has 0 spiro atoms. The van der Waals surface area contributed by atoms with Crippen LogP contribution < -0.4 is 15.2 Å². The van der Waals surface area contributed by atoms with Crippen LogP contribution in [0, 0.1) is 0 Å². The van der Waals surface area contributed by atoms with E-state index >= 15 is 0 Å². The van der Waals surface area contributed by atoms with Gasteiger partial charge < -0.3 is 20.2 Å². The van der Waals surface area contributed by atoms with Crippen molar-refractivity contribution >= 4 is 10.9 Å². The molecule has 0 atom stereocenters. The molecule has 0 aliphatic rings. The Morgan fingerprint density at radius 3 is 2.48 bits per heavy atom. The smallest absolute Gasteiger partial charge is 0.128 e. The fraction of sp³-hybridized carbons (Fsp3) is 0.176. The first-order valence-corrected chi connectivity index (χ1v) is 6.86. The number of aromatic amines is 1. The van der Waals surface area contributed by atoms with Gasteiger partial charge in [0.25, 0.3) is 0 Å². The van der Waals surface area contributed by atoms with Gasteiger partial charge in [-0.1, -0.05) is 6.07 Å². The van der Waals surface area contributed by atoms with Crippen LogP contribution >= 0.6 is 0 Å². The van der Waals surface area contributed by atoms with E-state index in [4.69, 9.17) is 15.2 Å². The Morgan fingerprint density at radius 2 is 1.76 bits per heavy atom. The van der Waals surface area contributed by atoms with Crippen molar-refractivity contribution in [1.29, 1.82) is 0 Å². The second-order valence-corrected chi connectivity index (χ2v) is 4.88. The number of methoxy groups -OCH3 is 1. The summed E-state index contributed by atoms with van der Waals surface area (Å²) in [6.45, 7) is 1.05. The van der Waals surface area contributed by atoms with E-state index in [9.17, 15) is 0 Å². The maximum atomic E-state index is 5.77. The van der Waals surface area contributed by atoms with Crippen LogP contribution in [-0.2, 0) is 13.2 Å². The molecule has 1 heterocycles. The summed E-state index contributed by atoms with van der Waals surface area (Å²) in [5.74, 6) is 1.64. The molecular formula is C17H18N2O2. The van der Waals surface area contributed by atoms with Crippen LogP contribution in [0.3, 0.4) is 0 Å². The van der Waals surface area contributed by atoms with Crippen molar-refractivity contribution in [2.75, 3.05) is 7.11 Å². The molecule has 3 aromatic rings. The number of ether oxygens (including phenoxy) is 2. The first-order valence-electron chi connectivity index (χ1n) is 6.86. The van der Waals surface area contributed by atoms with Crippen LogP contribution in [0.25, 0.3) is 10.9 Å². The summed E-state index contributed by atoms with van der Waals surface area (Å²) in [6.07, 6.45) is 0. The van der Waals surface area contributed by atoms with E-state index in [-0.39, 0.29) is 0 Å². The van der Waals surface area contributed by atoms with Gasteiger partial charge in [0.05, 0.1) is 12.8 Å². The van der Waals surface area contributed by atoms with Gasteiger partial charge in [-0.05, 0) is 48.0 Å². The molecule has 1 aromatic heterocycles. The lowest BCUT2D eigenvalue weighted by molar-refractivity contribution is 0.301. The van der Waals surface area contributed by atoms with Crippen LogP contribution in [0.4, 0.5) is 0 Å². The van der Waals surface area contributed by atoms with E-state index in [1.165, 1.54) is 0 Å². The highest BCUT2D eigenvalue weighted by atomic mass is 16.5. The molecule has 0 saturated heterocycles. The largest absolute Gasteiger partial charge is 0.497 e. The Hall–Kier alpha value is -2.46. The number of rotatable bonds is 5. The Bertz CT molecular complexity index is 732. The summed E-state index contributed by atoms with van der Waals surface area (Å²) in [7, 11) is 1.65. The summed E-state index contributed by atoms with van der Waals surface area (Å²) >= 11 is 0. The number of aromatic nitrogens is 1. The number of hydrogen-bond acceptors (Lipinski definition) is 3. The minimum Gasteiger partial charge on any atom is -0.497 e. The minimum absolute atomic E-state index is 0.499. The van der Waals surface area contributed by atoms with Crippen molar-refractivity contribution in [2.24, 2.45) is 5.73 Å². The Balaban J connectivity index is 1.72. The predicted molar refractivity (Wildman–Crippen MR) is 83.5 cm³/mol. The molecule has 0 radical (unpaired) electrons. The van der Waals surface area contributed by atoms with E-state index in [0.29, 0.717) is 13.2 Å². The second-order valence-electron chi connectivity index (χ2n) is 4.88. The molecule has 0 unspecified atom stereocenters. The van der Waals surface area contributed by atoms with Gasteiger partial charge in [-0.25, -0.2) is 0 Å². The van der Waals surface area contributed by atoms with Crippen molar-refractivity contribution in [1.82, 2.24) is 4.98 Å². The Kier molecular flexibility index (Phi) is 3.79. The predicted octanol–water partition coefficient (Wildman–Crippen LogP) is 3.21. The van der Waals surface area contributed by atoms with Gasteiger partial charge in [-0.2, -0.15) is 0 Å². The van der Waals surface area contributed by atoms with Crippen molar-refractivity contribution in [3.05, 3.63) is 59.8 Å². The van der Waals surface area contributed by atoms with Crippen LogP contribution in [-0.4, -0.2) is 12.1 Å². The van der Waals surface area contributed by atoms with Gasteiger partial charge in [0.1, 0.15) is 18.1 Å². The summed E-state index contributed by atoms with van der Waals surface area (Å²) in [6, 6.07) is 15.8. The number of fused-ring (bicyclic) bond motifs is 1. The van der Waals surface area contributed by atoms with E-state index in [1.807, 2.05) is 30.3 Å². The maximum Gasteiger partial charge on any atom is 0.128 e. The number of nitrogens with one attached hydrogen (secondary N) is 1. The first kappa shape index (κ1) is 13.5. The number of nitrogens with two attached hydrogens (primary N) is 1. The molecule has 3 N–H and O–H groups in total. The van der Waals surface area contributed by atoms with Crippen LogP contribution in [0.2, 0.25) is 0 Å². The molecule has 0 aliphatic heterocycles. The number of benzene rings is 2. The molecule has 0 bridgehead atoms. The van der Waals surface area contributed by atoms with Crippen molar-refractivity contribution in [3.8, 4) is 11.5 Å². The Labute approximate surface area is 123 Å². The fourth-order valence-electron chi connectivity index (χ4n) is 2.28. The lowest BCUT2D eigenvalue weighted by Crippen LogP contribution is -1.95. The SMILES string of the molecule is COc1ccc(OCc2cc3cc(CN)ccc3[nH]2)cc1. The van der Waals surface area contributed by atoms with Gasteiger partial charge in [-0.15, -0.1) is 0 Å². The van der Waals surface area contributed by atoms with Crippen molar-refractivity contribution in [3.63, 3.8) is 0 Å². The van der Waals surface area contributed by atoms with Crippen molar-refractivity contribution < 1.29 is 9.47 Å². The van der Waals surface area contributed by atoms with Crippen molar-refractivity contribution in [2.45, 2.75) is 13.2 Å². The highest BCUT2D eigenvalue weighted by molar-refractivity contribution is 5.81. The number of H-pyrrole nitrogens is 1. The quantitative estimate of drug-likeness (QED) is 0.755. The third-order valence-corrected chi connectivity index (χ3v) is 3.43. The second kappa shape index (κ2) is 5.89. The Morgan fingerprint density at radius 1 is 1.00 bits per heavy atom. The molecule has 108 valence electrons. The fourth-order valence-corrected chi connectivity index (χ4v) is 2.28. The molecule has 4 heteroatoms. The van der Waals surface area contributed by atoms with Gasteiger partial charge in [0.15, 0.2) is 0 Å². The first-order chi connectivity index (χ1) is 10.3. The molecule has 0 fully saturated rings. The lowest BCUT2D eigenvalue weighted by atomic mass is 10.1. The zero-order valence-corrected chi connectivity index (χ0v) is 11.9. The molecule has 21 heavy (non-hydrogen) atoms. The average molecular weight is 282 g/mol. The zero-order chi connectivity index (χ0) is 14.7. The highest BCUT2D eigenvalue weighted by Crippen LogP contribution is 2.20. The standard InChI is InChI=1S/C17H18N2O2/c1-20-15-3-5-16(6-4-15)21-11-14-9-13-8-12(10-18)2-7-17(13)19-14/h2-9,19H,10-11,18H2,1H3. The minimum atomic E-state index is 0.499. The van der Waals surface area contributed by atoms with Crippen LogP contribution in [0.5, 0.6) is 11.5 Å². The third-order valence-electron chi connectivity index (χ3n) is 3.43. The van der Waals surface area contributed by atoms with Gasteiger partial charge in [-0.3, -0.25) is 0 Å². The van der Waals surface area contributed by atoms with E-state index in [2.05, 4.69) is 23.2 Å². The molecule has 0 saturated carbocycles. The van der Waals surface area contributed by atoms with Crippen LogP contribution in [0.15, 0.2) is 48.5 Å². The number of hydrogen-bond donors (Lipinski definition) is 2. The van der Waals surface area contributed by atoms with Crippen LogP contribution in [0.1, 0.15) is 11.3 Å². The molecule has 3 rings (SSSR count). The summed E-state index contributed by atoms with van der Waals surface area (Å²) in [5.41, 5.74) is 8.92. The van der Waals surface area contributed by atoms with Gasteiger partial charge >= 0.3 is 0 Å². The molecule has 4 nitrogen and oxygen atoms in total. The summed E-state index contributed by atoms with van der Waals surface area (Å²) in [5, 5.41) is 1.16. The highest BCUT2D eigenvalue weighted by Gasteiger charge is 2.03. The summed E-state index contributed by atoms with van der Waals surface area (Å²) in [4.78, 5) is 3.35. The zero-order valence-electron chi connectivity index (χ0n) is 11.9.